The molecule has 2 aromatic rings. The smallest absolute Gasteiger partial charge is 0.302 e. The first kappa shape index (κ1) is 37.3. The molecule has 2 rings (SSSR count). The van der Waals surface area contributed by atoms with Crippen LogP contribution in [0.3, 0.4) is 0 Å². The topological polar surface area (TPSA) is 57.6 Å². The Balaban J connectivity index is 1.85. The van der Waals surface area contributed by atoms with Gasteiger partial charge in [-0.2, -0.15) is 8.42 Å². The zero-order valence-electron chi connectivity index (χ0n) is 27.5. The van der Waals surface area contributed by atoms with E-state index < -0.39 is 25.3 Å². The molecular weight excluding hydrogens is 591 g/mol. The molecule has 4 nitrogen and oxygen atoms in total. The Bertz CT molecular complexity index is 1030. The number of aryl methyl sites for hydroxylation is 2. The van der Waals surface area contributed by atoms with Gasteiger partial charge in [0.05, 0.1) is 16.1 Å². The minimum Gasteiger partial charge on any atom is -0.302 e. The third kappa shape index (κ3) is 11.5. The van der Waals surface area contributed by atoms with E-state index in [1.165, 1.54) is 47.4 Å². The van der Waals surface area contributed by atoms with Crippen molar-refractivity contribution in [2.75, 3.05) is 25.4 Å². The fourth-order valence-electron chi connectivity index (χ4n) is 6.71. The molecule has 238 valence electrons. The lowest BCUT2D eigenvalue weighted by Crippen LogP contribution is -2.45. The van der Waals surface area contributed by atoms with Crippen molar-refractivity contribution in [2.24, 2.45) is 0 Å². The highest BCUT2D eigenvalue weighted by atomic mass is 33.1. The van der Waals surface area contributed by atoms with Gasteiger partial charge in [0, 0.05) is 12.3 Å². The van der Waals surface area contributed by atoms with Gasteiger partial charge in [-0.15, -0.1) is 0 Å². The maximum Gasteiger partial charge on any atom is 0.319 e. The maximum atomic E-state index is 11.2. The van der Waals surface area contributed by atoms with Gasteiger partial charge in [-0.05, 0) is 73.5 Å². The van der Waals surface area contributed by atoms with Crippen LogP contribution in [-0.4, -0.2) is 59.4 Å². The van der Waals surface area contributed by atoms with E-state index in [-0.39, 0.29) is 0 Å². The van der Waals surface area contributed by atoms with Crippen molar-refractivity contribution >= 4 is 46.5 Å². The molecule has 42 heavy (non-hydrogen) atoms. The van der Waals surface area contributed by atoms with E-state index in [4.69, 9.17) is 4.55 Å². The molecule has 0 saturated heterocycles. The first-order valence-corrected chi connectivity index (χ1v) is 24.8. The van der Waals surface area contributed by atoms with Gasteiger partial charge >= 0.3 is 9.15 Å². The Morgan fingerprint density at radius 3 is 1.26 bits per heavy atom. The second-order valence-corrected chi connectivity index (χ2v) is 26.1. The third-order valence-corrected chi connectivity index (χ3v) is 23.5. The average Bonchev–Trinajstić information content (AvgIpc) is 3.00. The summed E-state index contributed by atoms with van der Waals surface area (Å²) in [7, 11) is -5.98. The predicted molar refractivity (Wildman–Crippen MR) is 193 cm³/mol. The van der Waals surface area contributed by atoms with Crippen molar-refractivity contribution in [2.45, 2.75) is 116 Å². The van der Waals surface area contributed by atoms with Crippen LogP contribution in [0.2, 0.25) is 36.3 Å². The fourth-order valence-corrected chi connectivity index (χ4v) is 15.3. The van der Waals surface area contributed by atoms with Gasteiger partial charge in [0.2, 0.25) is 0 Å². The predicted octanol–water partition coefficient (Wildman–Crippen LogP) is 8.30. The van der Waals surface area contributed by atoms with Crippen LogP contribution in [0.1, 0.15) is 78.4 Å². The summed E-state index contributed by atoms with van der Waals surface area (Å²) >= 11 is 0. The number of nitrogens with zero attached hydrogens (tertiary/aromatic N) is 1. The van der Waals surface area contributed by atoms with Crippen molar-refractivity contribution in [3.63, 3.8) is 0 Å². The molecule has 0 heterocycles. The molecule has 0 bridgehead atoms. The molecule has 0 radical (unpaired) electrons. The van der Waals surface area contributed by atoms with Crippen LogP contribution in [0, 0.1) is 0 Å². The Morgan fingerprint density at radius 1 is 0.595 bits per heavy atom. The van der Waals surface area contributed by atoms with Crippen molar-refractivity contribution in [1.29, 1.82) is 0 Å². The summed E-state index contributed by atoms with van der Waals surface area (Å²) < 4.78 is 31.6. The summed E-state index contributed by atoms with van der Waals surface area (Å²) in [5.41, 5.74) is 2.84. The zero-order valence-corrected chi connectivity index (χ0v) is 31.1. The van der Waals surface area contributed by atoms with Gasteiger partial charge in [-0.3, -0.25) is 4.55 Å². The van der Waals surface area contributed by atoms with Crippen molar-refractivity contribution in [3.8, 4) is 0 Å². The second-order valence-electron chi connectivity index (χ2n) is 12.1. The lowest BCUT2D eigenvalue weighted by molar-refractivity contribution is 0.278. The van der Waals surface area contributed by atoms with Crippen molar-refractivity contribution in [1.82, 2.24) is 4.90 Å². The molecule has 0 aliphatic carbocycles. The van der Waals surface area contributed by atoms with E-state index in [9.17, 15) is 8.42 Å². The summed E-state index contributed by atoms with van der Waals surface area (Å²) in [5.74, 6) is 0.400. The largest absolute Gasteiger partial charge is 0.319 e. The van der Waals surface area contributed by atoms with Gasteiger partial charge in [-0.25, -0.2) is 0 Å². The van der Waals surface area contributed by atoms with Gasteiger partial charge in [0.15, 0.2) is 0 Å². The van der Waals surface area contributed by atoms with E-state index in [0.29, 0.717) is 23.1 Å². The third-order valence-electron chi connectivity index (χ3n) is 10.2. The maximum absolute atomic E-state index is 11.2. The van der Waals surface area contributed by atoms with Gasteiger partial charge in [0.1, 0.15) is 0 Å². The first-order chi connectivity index (χ1) is 20.1. The molecule has 8 heteroatoms. The summed E-state index contributed by atoms with van der Waals surface area (Å²) in [4.78, 5) is 2.39. The molecule has 0 aliphatic rings. The van der Waals surface area contributed by atoms with E-state index in [2.05, 4.69) is 95.0 Å². The summed E-state index contributed by atoms with van der Waals surface area (Å²) in [5, 5.41) is 3.21. The molecule has 0 amide bonds. The van der Waals surface area contributed by atoms with Crippen LogP contribution >= 0.6 is 10.8 Å². The molecule has 0 fully saturated rings. The van der Waals surface area contributed by atoms with E-state index in [1.54, 1.807) is 10.4 Å². The molecule has 2 aromatic carbocycles. The quantitative estimate of drug-likeness (QED) is 0.0602. The Labute approximate surface area is 264 Å². The van der Waals surface area contributed by atoms with Gasteiger partial charge in [-0.1, -0.05) is 137 Å². The fraction of sp³-hybridized carbons (Fsp3) is 0.647. The minimum atomic E-state index is -3.99. The molecule has 0 aliphatic heterocycles. The first-order valence-electron chi connectivity index (χ1n) is 16.6. The van der Waals surface area contributed by atoms with E-state index in [0.717, 1.165) is 51.6 Å². The van der Waals surface area contributed by atoms with Crippen molar-refractivity contribution < 1.29 is 13.0 Å². The highest BCUT2D eigenvalue weighted by Crippen LogP contribution is 2.22. The number of rotatable bonds is 22. The Morgan fingerprint density at radius 2 is 0.952 bits per heavy atom. The van der Waals surface area contributed by atoms with Gasteiger partial charge < -0.3 is 4.90 Å². The molecule has 0 spiro atoms. The number of benzene rings is 2. The van der Waals surface area contributed by atoms with E-state index in [1.807, 2.05) is 0 Å². The highest BCUT2D eigenvalue weighted by Gasteiger charge is 2.29. The van der Waals surface area contributed by atoms with Crippen molar-refractivity contribution in [3.05, 3.63) is 59.7 Å². The molecule has 0 saturated carbocycles. The van der Waals surface area contributed by atoms with Crippen LogP contribution in [0.4, 0.5) is 0 Å². The summed E-state index contributed by atoms with van der Waals surface area (Å²) in [6.07, 6.45) is 6.61. The van der Waals surface area contributed by atoms with Gasteiger partial charge in [0.25, 0.3) is 0 Å². The van der Waals surface area contributed by atoms with E-state index >= 15 is 0 Å². The van der Waals surface area contributed by atoms with Crippen LogP contribution in [-0.2, 0) is 22.0 Å². The molecule has 0 unspecified atom stereocenters. The lowest BCUT2D eigenvalue weighted by atomic mass is 10.1. The van der Waals surface area contributed by atoms with Crippen LogP contribution in [0.25, 0.3) is 0 Å². The van der Waals surface area contributed by atoms with Crippen LogP contribution < -0.4 is 10.4 Å². The SMILES string of the molecule is CC[Si](CC)(CC)c1ccc(CCCCN(CCCCc2ccc([Si](CC)(CC)CC)cc2)CCSS(=O)(=O)O)cc1. The highest BCUT2D eigenvalue weighted by molar-refractivity contribution is 8.69. The molecule has 0 aromatic heterocycles. The minimum absolute atomic E-state index is 0.400. The summed E-state index contributed by atoms with van der Waals surface area (Å²) in [6.45, 7) is 16.8. The average molecular weight is 650 g/mol. The number of hydrogen-bond donors (Lipinski definition) is 1. The Hall–Kier alpha value is -0.906. The monoisotopic (exact) mass is 649 g/mol. The number of unbranched alkanes of at least 4 members (excludes halogenated alkanes) is 2. The normalized spacial score (nSPS) is 12.8. The van der Waals surface area contributed by atoms with Crippen LogP contribution in [0.15, 0.2) is 48.5 Å². The lowest BCUT2D eigenvalue weighted by Gasteiger charge is -2.28. The molecular formula is C34H59NO3S2Si2. The standard InChI is InChI=1S/C34H59NO3S2Si2/c1-7-41(8-2,9-3)33-23-19-31(20-24-33)17-13-15-27-35(29-30-39-40(36,37)38)28-16-14-18-32-21-25-34(26-22-32)42(10-4,11-5)12-6/h19-26H,7-18,27-30H2,1-6H3,(H,36,37,38). The Kier molecular flexibility index (Phi) is 16.7. The number of hydrogen-bond acceptors (Lipinski definition) is 4. The zero-order chi connectivity index (χ0) is 31.1. The molecule has 0 atom stereocenters. The second kappa shape index (κ2) is 18.8. The molecule has 1 N–H and O–H groups in total. The summed E-state index contributed by atoms with van der Waals surface area (Å²) in [6, 6.07) is 26.9. The van der Waals surface area contributed by atoms with Crippen LogP contribution in [0.5, 0.6) is 0 Å².